The van der Waals surface area contributed by atoms with Crippen molar-refractivity contribution in [2.45, 2.75) is 6.54 Å². The van der Waals surface area contributed by atoms with Crippen LogP contribution in [0.4, 0.5) is 10.1 Å². The van der Waals surface area contributed by atoms with Gasteiger partial charge in [-0.15, -0.1) is 0 Å². The summed E-state index contributed by atoms with van der Waals surface area (Å²) in [5, 5.41) is 10.4. The molecule has 0 aliphatic carbocycles. The van der Waals surface area contributed by atoms with Gasteiger partial charge in [0, 0.05) is 21.8 Å². The average molecular weight is 414 g/mol. The Balaban J connectivity index is 1.70. The molecule has 0 saturated carbocycles. The number of fused-ring (bicyclic) bond motifs is 1. The second kappa shape index (κ2) is 6.42. The maximum Gasteiger partial charge on any atom is 0.329 e. The topological polar surface area (TPSA) is 70.4 Å². The predicted octanol–water partition coefficient (Wildman–Crippen LogP) is 4.09. The van der Waals surface area contributed by atoms with Gasteiger partial charge in [-0.2, -0.15) is 0 Å². The lowest BCUT2D eigenvalue weighted by Gasteiger charge is -2.04. The average Bonchev–Trinajstić information content (AvgIpc) is 3.13. The number of H-pyrrole nitrogens is 1. The fourth-order valence-electron chi connectivity index (χ4n) is 2.83. The van der Waals surface area contributed by atoms with Gasteiger partial charge in [0.25, 0.3) is 0 Å². The number of nitrogens with zero attached hydrogens (tertiary/aromatic N) is 2. The van der Waals surface area contributed by atoms with E-state index < -0.39 is 5.69 Å². The molecule has 0 unspecified atom stereocenters. The van der Waals surface area contributed by atoms with Crippen LogP contribution in [-0.2, 0) is 6.54 Å². The van der Waals surface area contributed by atoms with E-state index in [1.165, 1.54) is 16.7 Å². The van der Waals surface area contributed by atoms with Gasteiger partial charge in [0.05, 0.1) is 12.2 Å². The molecular formula is C19H13BrFN3O2. The monoisotopic (exact) mass is 413 g/mol. The lowest BCUT2D eigenvalue weighted by molar-refractivity contribution is 0.420. The van der Waals surface area contributed by atoms with Gasteiger partial charge in [-0.1, -0.05) is 28.1 Å². The van der Waals surface area contributed by atoms with Gasteiger partial charge in [-0.05, 0) is 42.0 Å². The third-order valence-corrected chi connectivity index (χ3v) is 4.64. The first-order valence-corrected chi connectivity index (χ1v) is 8.62. The Morgan fingerprint density at radius 2 is 2.00 bits per heavy atom. The van der Waals surface area contributed by atoms with Crippen LogP contribution in [0.2, 0.25) is 0 Å². The molecule has 26 heavy (non-hydrogen) atoms. The van der Waals surface area contributed by atoms with Crippen molar-refractivity contribution in [3.63, 3.8) is 0 Å². The number of aromatic amines is 1. The number of hydrogen-bond donors (Lipinski definition) is 2. The first-order chi connectivity index (χ1) is 12.5. The van der Waals surface area contributed by atoms with Crippen molar-refractivity contribution in [1.29, 1.82) is 0 Å². The molecule has 2 aromatic carbocycles. The summed E-state index contributed by atoms with van der Waals surface area (Å²) >= 11 is 3.43. The molecule has 1 aromatic heterocycles. The molecule has 2 heterocycles. The number of rotatable bonds is 3. The van der Waals surface area contributed by atoms with E-state index in [0.29, 0.717) is 11.3 Å². The van der Waals surface area contributed by atoms with Crippen molar-refractivity contribution >= 4 is 39.5 Å². The Bertz CT molecular complexity index is 1110. The van der Waals surface area contributed by atoms with Crippen molar-refractivity contribution in [3.05, 3.63) is 80.1 Å². The number of aromatic hydroxyl groups is 1. The van der Waals surface area contributed by atoms with Crippen LogP contribution in [0, 0.1) is 5.82 Å². The minimum absolute atomic E-state index is 0.140. The quantitative estimate of drug-likeness (QED) is 0.678. The third kappa shape index (κ3) is 3.01. The number of halogens is 2. The maximum absolute atomic E-state index is 13.0. The minimum atomic E-state index is -0.442. The van der Waals surface area contributed by atoms with Crippen molar-refractivity contribution in [2.75, 3.05) is 0 Å². The van der Waals surface area contributed by atoms with Crippen molar-refractivity contribution in [1.82, 2.24) is 9.55 Å². The van der Waals surface area contributed by atoms with E-state index in [9.17, 15) is 14.3 Å². The summed E-state index contributed by atoms with van der Waals surface area (Å²) in [6, 6.07) is 11.5. The van der Waals surface area contributed by atoms with Crippen LogP contribution in [0.25, 0.3) is 11.6 Å². The highest BCUT2D eigenvalue weighted by atomic mass is 79.9. The molecule has 0 spiro atoms. The molecule has 0 amide bonds. The Labute approximate surface area is 156 Å². The highest BCUT2D eigenvalue weighted by molar-refractivity contribution is 9.10. The lowest BCUT2D eigenvalue weighted by Crippen LogP contribution is -2.17. The van der Waals surface area contributed by atoms with Crippen LogP contribution in [0.5, 0.6) is 5.88 Å². The van der Waals surface area contributed by atoms with E-state index >= 15 is 0 Å². The normalized spacial score (nSPS) is 14.2. The molecular weight excluding hydrogens is 401 g/mol. The molecule has 2 N–H and O–H groups in total. The fourth-order valence-corrected chi connectivity index (χ4v) is 3.19. The van der Waals surface area contributed by atoms with E-state index in [1.54, 1.807) is 24.4 Å². The van der Waals surface area contributed by atoms with Crippen molar-refractivity contribution in [3.8, 4) is 5.88 Å². The fraction of sp³-hybridized carbons (Fsp3) is 0.0526. The van der Waals surface area contributed by atoms with Gasteiger partial charge in [-0.3, -0.25) is 9.56 Å². The van der Waals surface area contributed by atoms with Crippen molar-refractivity contribution < 1.29 is 9.50 Å². The number of allylic oxidation sites excluding steroid dienone is 1. The highest BCUT2D eigenvalue weighted by Crippen LogP contribution is 2.35. The van der Waals surface area contributed by atoms with Crippen LogP contribution < -0.4 is 5.69 Å². The van der Waals surface area contributed by atoms with E-state index in [2.05, 4.69) is 25.9 Å². The highest BCUT2D eigenvalue weighted by Gasteiger charge is 2.16. The third-order valence-electron chi connectivity index (χ3n) is 4.15. The van der Waals surface area contributed by atoms with E-state index in [4.69, 9.17) is 0 Å². The summed E-state index contributed by atoms with van der Waals surface area (Å²) in [5.74, 6) is -0.529. The van der Waals surface area contributed by atoms with E-state index in [1.807, 2.05) is 18.2 Å². The van der Waals surface area contributed by atoms with Gasteiger partial charge in [0.2, 0.25) is 5.88 Å². The first-order valence-electron chi connectivity index (χ1n) is 7.83. The van der Waals surface area contributed by atoms with Crippen LogP contribution in [-0.4, -0.2) is 20.9 Å². The van der Waals surface area contributed by atoms with Gasteiger partial charge >= 0.3 is 5.69 Å². The molecule has 130 valence electrons. The maximum atomic E-state index is 13.0. The minimum Gasteiger partial charge on any atom is -0.493 e. The molecule has 5 nitrogen and oxygen atoms in total. The van der Waals surface area contributed by atoms with E-state index in [0.717, 1.165) is 21.3 Å². The predicted molar refractivity (Wildman–Crippen MR) is 102 cm³/mol. The Morgan fingerprint density at radius 3 is 2.77 bits per heavy atom. The van der Waals surface area contributed by atoms with Gasteiger partial charge in [0.15, 0.2) is 0 Å². The summed E-state index contributed by atoms with van der Waals surface area (Å²) in [6.45, 7) is 0.140. The van der Waals surface area contributed by atoms with Crippen LogP contribution in [0.15, 0.2) is 56.7 Å². The van der Waals surface area contributed by atoms with Gasteiger partial charge in [0.1, 0.15) is 11.5 Å². The molecule has 1 aliphatic rings. The molecule has 0 saturated heterocycles. The smallest absolute Gasteiger partial charge is 0.329 e. The molecule has 0 atom stereocenters. The Kier molecular flexibility index (Phi) is 4.08. The SMILES string of the molecule is O=c1[nH]c(/C=C2/C=Nc3ccc(Br)cc32)c(O)n1Cc1ccc(F)cc1. The van der Waals surface area contributed by atoms with Crippen LogP contribution in [0.1, 0.15) is 16.8 Å². The zero-order chi connectivity index (χ0) is 18.3. The number of hydrogen-bond acceptors (Lipinski definition) is 3. The molecule has 7 heteroatoms. The number of nitrogens with one attached hydrogen (secondary N) is 1. The number of aromatic nitrogens is 2. The zero-order valence-electron chi connectivity index (χ0n) is 13.4. The summed E-state index contributed by atoms with van der Waals surface area (Å²) < 4.78 is 15.1. The zero-order valence-corrected chi connectivity index (χ0v) is 15.0. The van der Waals surface area contributed by atoms with E-state index in [-0.39, 0.29) is 18.2 Å². The Hall–Kier alpha value is -2.93. The standard InChI is InChI=1S/C19H13BrFN3O2/c20-13-3-6-16-15(8-13)12(9-22-16)7-17-18(25)24(19(26)23-17)10-11-1-4-14(21)5-2-11/h1-9,25H,10H2,(H,23,26)/b12-7-. The molecule has 0 radical (unpaired) electrons. The lowest BCUT2D eigenvalue weighted by atomic mass is 10.1. The second-order valence-corrected chi connectivity index (χ2v) is 6.82. The van der Waals surface area contributed by atoms with Gasteiger partial charge < -0.3 is 10.1 Å². The van der Waals surface area contributed by atoms with Crippen LogP contribution >= 0.6 is 15.9 Å². The van der Waals surface area contributed by atoms with Gasteiger partial charge in [-0.25, -0.2) is 9.18 Å². The summed E-state index contributed by atoms with van der Waals surface area (Å²) in [6.07, 6.45) is 3.37. The van der Waals surface area contributed by atoms with Crippen molar-refractivity contribution in [2.24, 2.45) is 4.99 Å². The Morgan fingerprint density at radius 1 is 1.23 bits per heavy atom. The molecule has 1 aliphatic heterocycles. The first kappa shape index (κ1) is 16.5. The van der Waals surface area contributed by atoms with Crippen LogP contribution in [0.3, 0.4) is 0 Å². The number of aliphatic imine (C=N–C) groups is 1. The number of imidazole rings is 1. The summed E-state index contributed by atoms with van der Waals surface area (Å²) in [7, 11) is 0. The largest absolute Gasteiger partial charge is 0.493 e. The molecule has 3 aromatic rings. The number of benzene rings is 2. The molecule has 0 bridgehead atoms. The summed E-state index contributed by atoms with van der Waals surface area (Å²) in [4.78, 5) is 19.2. The molecule has 0 fully saturated rings. The summed E-state index contributed by atoms with van der Waals surface area (Å²) in [5.41, 5.74) is 3.08. The molecule has 4 rings (SSSR count). The second-order valence-electron chi connectivity index (χ2n) is 5.90.